The van der Waals surface area contributed by atoms with Gasteiger partial charge in [-0.05, 0) is 18.1 Å². The summed E-state index contributed by atoms with van der Waals surface area (Å²) in [4.78, 5) is 27.9. The second-order valence-electron chi connectivity index (χ2n) is 8.52. The highest BCUT2D eigenvalue weighted by Gasteiger charge is 2.23. The Bertz CT molecular complexity index is 958. The Kier molecular flexibility index (Phi) is 9.10. The van der Waals surface area contributed by atoms with Crippen LogP contribution in [0, 0.1) is 11.7 Å². The van der Waals surface area contributed by atoms with E-state index in [1.54, 1.807) is 12.1 Å². The SMILES string of the molecule is CC(C)Cn1c(CCC(N)=O)nnc1SCC(=O)N1CCN(Cc2c(F)cccc2Cl)CC1. The molecule has 180 valence electrons. The van der Waals surface area contributed by atoms with Crippen molar-refractivity contribution in [3.05, 3.63) is 40.4 Å². The van der Waals surface area contributed by atoms with E-state index >= 15 is 0 Å². The van der Waals surface area contributed by atoms with E-state index in [0.29, 0.717) is 73.2 Å². The predicted octanol–water partition coefficient (Wildman–Crippen LogP) is 2.58. The van der Waals surface area contributed by atoms with Crippen LogP contribution in [0.15, 0.2) is 23.4 Å². The number of amides is 2. The van der Waals surface area contributed by atoms with Crippen molar-refractivity contribution in [1.82, 2.24) is 24.6 Å². The molecule has 1 fully saturated rings. The monoisotopic (exact) mass is 496 g/mol. The van der Waals surface area contributed by atoms with Crippen LogP contribution in [-0.4, -0.2) is 68.3 Å². The number of piperazine rings is 1. The fourth-order valence-electron chi connectivity index (χ4n) is 3.67. The van der Waals surface area contributed by atoms with E-state index in [4.69, 9.17) is 17.3 Å². The summed E-state index contributed by atoms with van der Waals surface area (Å²) in [5, 5.41) is 9.54. The molecule has 11 heteroatoms. The van der Waals surface area contributed by atoms with Crippen molar-refractivity contribution in [1.29, 1.82) is 0 Å². The van der Waals surface area contributed by atoms with E-state index in [0.717, 1.165) is 0 Å². The van der Waals surface area contributed by atoms with E-state index < -0.39 is 0 Å². The highest BCUT2D eigenvalue weighted by molar-refractivity contribution is 7.99. The largest absolute Gasteiger partial charge is 0.370 e. The number of nitrogens with two attached hydrogens (primary N) is 1. The maximum Gasteiger partial charge on any atom is 0.233 e. The summed E-state index contributed by atoms with van der Waals surface area (Å²) in [5.41, 5.74) is 5.76. The van der Waals surface area contributed by atoms with Gasteiger partial charge in [0.25, 0.3) is 0 Å². The normalized spacial score (nSPS) is 14.8. The number of aromatic nitrogens is 3. The standard InChI is InChI=1S/C22H30ClFN6O2S/c1-15(2)12-30-20(7-6-19(25)31)26-27-22(30)33-14-21(32)29-10-8-28(9-11-29)13-16-17(23)4-3-5-18(16)24/h3-5,15H,6-14H2,1-2H3,(H2,25,31). The Morgan fingerprint density at radius 2 is 1.94 bits per heavy atom. The molecule has 1 aliphatic heterocycles. The Morgan fingerprint density at radius 1 is 1.21 bits per heavy atom. The van der Waals surface area contributed by atoms with Gasteiger partial charge in [0.2, 0.25) is 11.8 Å². The molecule has 0 saturated carbocycles. The molecule has 2 heterocycles. The van der Waals surface area contributed by atoms with E-state index in [9.17, 15) is 14.0 Å². The molecule has 0 aliphatic carbocycles. The average Bonchev–Trinajstić information content (AvgIpc) is 3.14. The van der Waals surface area contributed by atoms with Crippen molar-refractivity contribution in [3.63, 3.8) is 0 Å². The van der Waals surface area contributed by atoms with Crippen molar-refractivity contribution in [2.75, 3.05) is 31.9 Å². The molecular formula is C22H30ClFN6O2S. The fourth-order valence-corrected chi connectivity index (χ4v) is 4.77. The van der Waals surface area contributed by atoms with Gasteiger partial charge in [-0.2, -0.15) is 0 Å². The van der Waals surface area contributed by atoms with Crippen LogP contribution in [0.5, 0.6) is 0 Å². The number of carbonyl (C=O) groups excluding carboxylic acids is 2. The molecule has 1 saturated heterocycles. The van der Waals surface area contributed by atoms with Crippen molar-refractivity contribution in [2.45, 2.75) is 44.9 Å². The highest BCUT2D eigenvalue weighted by atomic mass is 35.5. The molecule has 2 amide bonds. The van der Waals surface area contributed by atoms with Crippen LogP contribution in [0.4, 0.5) is 4.39 Å². The van der Waals surface area contributed by atoms with Crippen molar-refractivity contribution >= 4 is 35.2 Å². The third-order valence-corrected chi connectivity index (χ3v) is 6.73. The number of halogens is 2. The van der Waals surface area contributed by atoms with Gasteiger partial charge in [0, 0.05) is 62.7 Å². The summed E-state index contributed by atoms with van der Waals surface area (Å²) in [6, 6.07) is 4.70. The smallest absolute Gasteiger partial charge is 0.233 e. The second kappa shape index (κ2) is 11.8. The highest BCUT2D eigenvalue weighted by Crippen LogP contribution is 2.23. The number of hydrogen-bond acceptors (Lipinski definition) is 6. The summed E-state index contributed by atoms with van der Waals surface area (Å²) in [6.45, 7) is 7.77. The molecule has 0 spiro atoms. The molecule has 1 aliphatic rings. The van der Waals surface area contributed by atoms with Crippen molar-refractivity contribution < 1.29 is 14.0 Å². The van der Waals surface area contributed by atoms with Crippen LogP contribution >= 0.6 is 23.4 Å². The molecular weight excluding hydrogens is 467 g/mol. The summed E-state index contributed by atoms with van der Waals surface area (Å²) in [5.74, 6) is 0.664. The van der Waals surface area contributed by atoms with Crippen LogP contribution < -0.4 is 5.73 Å². The van der Waals surface area contributed by atoms with Crippen LogP contribution in [0.25, 0.3) is 0 Å². The molecule has 3 rings (SSSR count). The van der Waals surface area contributed by atoms with Crippen LogP contribution in [0.1, 0.15) is 31.7 Å². The molecule has 0 unspecified atom stereocenters. The number of nitrogens with zero attached hydrogens (tertiary/aromatic N) is 5. The summed E-state index contributed by atoms with van der Waals surface area (Å²) < 4.78 is 16.0. The lowest BCUT2D eigenvalue weighted by atomic mass is 10.2. The number of carbonyl (C=O) groups is 2. The van der Waals surface area contributed by atoms with Gasteiger partial charge in [-0.25, -0.2) is 4.39 Å². The maximum absolute atomic E-state index is 14.1. The summed E-state index contributed by atoms with van der Waals surface area (Å²) in [6.07, 6.45) is 0.639. The van der Waals surface area contributed by atoms with Gasteiger partial charge >= 0.3 is 0 Å². The van der Waals surface area contributed by atoms with Gasteiger partial charge in [0.15, 0.2) is 5.16 Å². The molecule has 0 radical (unpaired) electrons. The molecule has 1 aromatic carbocycles. The van der Waals surface area contributed by atoms with Gasteiger partial charge in [-0.15, -0.1) is 10.2 Å². The summed E-state index contributed by atoms with van der Waals surface area (Å²) in [7, 11) is 0. The van der Waals surface area contributed by atoms with E-state index in [2.05, 4.69) is 28.9 Å². The number of primary amides is 1. The zero-order chi connectivity index (χ0) is 24.0. The number of rotatable bonds is 10. The fraction of sp³-hybridized carbons (Fsp3) is 0.545. The molecule has 33 heavy (non-hydrogen) atoms. The lowest BCUT2D eigenvalue weighted by Gasteiger charge is -2.34. The first-order valence-electron chi connectivity index (χ1n) is 11.0. The minimum atomic E-state index is -0.380. The number of thioether (sulfide) groups is 1. The predicted molar refractivity (Wildman–Crippen MR) is 126 cm³/mol. The van der Waals surface area contributed by atoms with Gasteiger partial charge < -0.3 is 15.2 Å². The molecule has 2 N–H and O–H groups in total. The molecule has 0 atom stereocenters. The first-order chi connectivity index (χ1) is 15.7. The quantitative estimate of drug-likeness (QED) is 0.508. The Labute approximate surface area is 202 Å². The molecule has 0 bridgehead atoms. The number of hydrogen-bond donors (Lipinski definition) is 1. The number of benzene rings is 1. The molecule has 1 aromatic heterocycles. The van der Waals surface area contributed by atoms with E-state index in [-0.39, 0.29) is 29.8 Å². The lowest BCUT2D eigenvalue weighted by Crippen LogP contribution is -2.48. The lowest BCUT2D eigenvalue weighted by molar-refractivity contribution is -0.130. The van der Waals surface area contributed by atoms with Crippen LogP contribution in [0.3, 0.4) is 0 Å². The Hall–Kier alpha value is -2.17. The Morgan fingerprint density at radius 3 is 2.58 bits per heavy atom. The minimum absolute atomic E-state index is 0.0290. The Balaban J connectivity index is 1.53. The minimum Gasteiger partial charge on any atom is -0.370 e. The topological polar surface area (TPSA) is 97.3 Å². The van der Waals surface area contributed by atoms with Gasteiger partial charge in [0.1, 0.15) is 11.6 Å². The first kappa shape index (κ1) is 25.5. The van der Waals surface area contributed by atoms with Gasteiger partial charge in [0.05, 0.1) is 5.75 Å². The third-order valence-electron chi connectivity index (χ3n) is 5.43. The van der Waals surface area contributed by atoms with Crippen molar-refractivity contribution in [3.8, 4) is 0 Å². The van der Waals surface area contributed by atoms with E-state index in [1.807, 2.05) is 9.47 Å². The van der Waals surface area contributed by atoms with Gasteiger partial charge in [-0.1, -0.05) is 43.3 Å². The van der Waals surface area contributed by atoms with Crippen LogP contribution in [-0.2, 0) is 29.1 Å². The summed E-state index contributed by atoms with van der Waals surface area (Å²) >= 11 is 7.49. The first-order valence-corrected chi connectivity index (χ1v) is 12.4. The zero-order valence-corrected chi connectivity index (χ0v) is 20.5. The van der Waals surface area contributed by atoms with Crippen molar-refractivity contribution in [2.24, 2.45) is 11.7 Å². The third kappa shape index (κ3) is 7.15. The molecule has 8 nitrogen and oxygen atoms in total. The number of aryl methyl sites for hydroxylation is 1. The maximum atomic E-state index is 14.1. The second-order valence-corrected chi connectivity index (χ2v) is 9.87. The van der Waals surface area contributed by atoms with E-state index in [1.165, 1.54) is 17.8 Å². The van der Waals surface area contributed by atoms with Gasteiger partial charge in [-0.3, -0.25) is 14.5 Å². The average molecular weight is 497 g/mol. The zero-order valence-electron chi connectivity index (χ0n) is 19.0. The molecule has 2 aromatic rings. The van der Waals surface area contributed by atoms with Crippen LogP contribution in [0.2, 0.25) is 5.02 Å².